The number of aryl methyl sites for hydroxylation is 1. The van der Waals surface area contributed by atoms with Crippen LogP contribution >= 0.6 is 0 Å². The zero-order valence-electron chi connectivity index (χ0n) is 19.0. The fraction of sp³-hybridized carbons (Fsp3) is 0.333. The molecule has 33 heavy (non-hydrogen) atoms. The number of nitrogens with one attached hydrogen (secondary N) is 2. The van der Waals surface area contributed by atoms with Gasteiger partial charge in [0.15, 0.2) is 0 Å². The summed E-state index contributed by atoms with van der Waals surface area (Å²) in [5, 5.41) is 21.3. The van der Waals surface area contributed by atoms with Gasteiger partial charge in [-0.15, -0.1) is 0 Å². The Morgan fingerprint density at radius 3 is 2.36 bits per heavy atom. The van der Waals surface area contributed by atoms with Crippen LogP contribution in [0.5, 0.6) is 0 Å². The highest BCUT2D eigenvalue weighted by atomic mass is 16.5. The minimum absolute atomic E-state index is 0.304. The molecular formula is C27H30N2O4. The van der Waals surface area contributed by atoms with Crippen LogP contribution in [-0.4, -0.2) is 33.8 Å². The molecule has 1 saturated carbocycles. The van der Waals surface area contributed by atoms with E-state index >= 15 is 0 Å². The minimum atomic E-state index is -1.56. The fourth-order valence-electron chi connectivity index (χ4n) is 3.38. The molecule has 0 saturated heterocycles. The van der Waals surface area contributed by atoms with Gasteiger partial charge in [0.1, 0.15) is 6.04 Å². The molecule has 0 bridgehead atoms. The predicted molar refractivity (Wildman–Crippen MR) is 127 cm³/mol. The molecule has 1 atom stereocenters. The van der Waals surface area contributed by atoms with Crippen molar-refractivity contribution in [2.75, 3.05) is 0 Å². The summed E-state index contributed by atoms with van der Waals surface area (Å²) in [4.78, 5) is 24.2. The van der Waals surface area contributed by atoms with E-state index in [-0.39, 0.29) is 0 Å². The fourth-order valence-corrected chi connectivity index (χ4v) is 3.38. The third-order valence-electron chi connectivity index (χ3n) is 5.59. The van der Waals surface area contributed by atoms with Crippen molar-refractivity contribution in [3.63, 3.8) is 0 Å². The van der Waals surface area contributed by atoms with Crippen LogP contribution in [0.4, 0.5) is 0 Å². The summed E-state index contributed by atoms with van der Waals surface area (Å²) in [6.07, 6.45) is 8.97. The molecule has 0 spiro atoms. The van der Waals surface area contributed by atoms with Crippen LogP contribution < -0.4 is 10.8 Å². The van der Waals surface area contributed by atoms with Gasteiger partial charge >= 0.3 is 0 Å². The van der Waals surface area contributed by atoms with E-state index in [1.807, 2.05) is 6.08 Å². The van der Waals surface area contributed by atoms with Gasteiger partial charge in [0.25, 0.3) is 11.8 Å². The molecule has 0 aliphatic heterocycles. The summed E-state index contributed by atoms with van der Waals surface area (Å²) >= 11 is 0. The van der Waals surface area contributed by atoms with E-state index in [9.17, 15) is 14.7 Å². The smallest absolute Gasteiger partial charge is 0.268 e. The topological polar surface area (TPSA) is 98.7 Å². The van der Waals surface area contributed by atoms with Crippen molar-refractivity contribution in [3.05, 3.63) is 76.9 Å². The number of aliphatic hydroxyl groups is 1. The van der Waals surface area contributed by atoms with E-state index in [1.165, 1.54) is 44.2 Å². The Bertz CT molecular complexity index is 1050. The number of carbonyl (C=O) groups excluding carboxylic acids is 2. The third kappa shape index (κ3) is 7.60. The maximum atomic E-state index is 12.4. The van der Waals surface area contributed by atoms with Gasteiger partial charge in [-0.1, -0.05) is 48.9 Å². The number of rotatable bonds is 8. The van der Waals surface area contributed by atoms with Crippen molar-refractivity contribution >= 4 is 17.9 Å². The van der Waals surface area contributed by atoms with Crippen molar-refractivity contribution in [1.82, 2.24) is 10.8 Å². The molecular weight excluding hydrogens is 416 g/mol. The lowest BCUT2D eigenvalue weighted by Gasteiger charge is -2.28. The molecule has 6 nitrogen and oxygen atoms in total. The van der Waals surface area contributed by atoms with Gasteiger partial charge in [-0.2, -0.15) is 0 Å². The molecule has 6 heteroatoms. The lowest BCUT2D eigenvalue weighted by atomic mass is 9.97. The van der Waals surface area contributed by atoms with E-state index in [2.05, 4.69) is 41.4 Å². The quantitative estimate of drug-likeness (QED) is 0.284. The Kier molecular flexibility index (Phi) is 8.05. The highest BCUT2D eigenvalue weighted by molar-refractivity contribution is 5.97. The summed E-state index contributed by atoms with van der Waals surface area (Å²) in [7, 11) is 0. The van der Waals surface area contributed by atoms with E-state index in [0.717, 1.165) is 23.5 Å². The number of hydroxylamine groups is 1. The molecule has 4 N–H and O–H groups in total. The molecule has 0 heterocycles. The third-order valence-corrected chi connectivity index (χ3v) is 5.59. The van der Waals surface area contributed by atoms with Crippen molar-refractivity contribution in [2.45, 2.75) is 51.2 Å². The Labute approximate surface area is 194 Å². The van der Waals surface area contributed by atoms with Crippen molar-refractivity contribution in [1.29, 1.82) is 0 Å². The van der Waals surface area contributed by atoms with Crippen molar-refractivity contribution in [3.8, 4) is 11.8 Å². The molecule has 3 rings (SSSR count). The molecule has 0 unspecified atom stereocenters. The lowest BCUT2D eigenvalue weighted by molar-refractivity contribution is -0.136. The molecule has 172 valence electrons. The maximum Gasteiger partial charge on any atom is 0.268 e. The summed E-state index contributed by atoms with van der Waals surface area (Å²) < 4.78 is 0. The highest BCUT2D eigenvalue weighted by Crippen LogP contribution is 2.33. The number of hydrogen-bond acceptors (Lipinski definition) is 4. The SMILES string of the molecule is CC(C)(O)[C@H](NC(=O)c1ccc(C#C/C=C/c2ccc(CCC3CC3)cc2)cc1)C(=O)NO. The Morgan fingerprint density at radius 2 is 1.79 bits per heavy atom. The summed E-state index contributed by atoms with van der Waals surface area (Å²) in [6, 6.07) is 13.8. The average Bonchev–Trinajstić information content (AvgIpc) is 3.63. The molecule has 2 aromatic carbocycles. The normalized spacial score (nSPS) is 14.3. The van der Waals surface area contributed by atoms with Gasteiger partial charge < -0.3 is 10.4 Å². The van der Waals surface area contributed by atoms with E-state index in [4.69, 9.17) is 5.21 Å². The first-order chi connectivity index (χ1) is 15.8. The minimum Gasteiger partial charge on any atom is -0.388 e. The first-order valence-corrected chi connectivity index (χ1v) is 11.1. The Balaban J connectivity index is 1.55. The predicted octanol–water partition coefficient (Wildman–Crippen LogP) is 3.47. The molecule has 1 aliphatic rings. The van der Waals surface area contributed by atoms with Gasteiger partial charge in [0.2, 0.25) is 0 Å². The molecule has 0 radical (unpaired) electrons. The summed E-state index contributed by atoms with van der Waals surface area (Å²) in [5.74, 6) is 5.50. The van der Waals surface area contributed by atoms with Crippen LogP contribution in [-0.2, 0) is 11.2 Å². The van der Waals surface area contributed by atoms with Gasteiger partial charge in [-0.05, 0) is 80.2 Å². The van der Waals surface area contributed by atoms with E-state index in [1.54, 1.807) is 30.3 Å². The number of allylic oxidation sites excluding steroid dienone is 1. The Morgan fingerprint density at radius 1 is 1.12 bits per heavy atom. The average molecular weight is 447 g/mol. The second-order valence-corrected chi connectivity index (χ2v) is 8.94. The van der Waals surface area contributed by atoms with Gasteiger partial charge in [0, 0.05) is 11.1 Å². The maximum absolute atomic E-state index is 12.4. The number of benzene rings is 2. The second kappa shape index (κ2) is 11.0. The van der Waals surface area contributed by atoms with Crippen LogP contribution in [0, 0.1) is 17.8 Å². The molecule has 1 aliphatic carbocycles. The van der Waals surface area contributed by atoms with Crippen LogP contribution in [0.25, 0.3) is 6.08 Å². The monoisotopic (exact) mass is 446 g/mol. The first-order valence-electron chi connectivity index (χ1n) is 11.1. The highest BCUT2D eigenvalue weighted by Gasteiger charge is 2.34. The zero-order chi connectivity index (χ0) is 23.8. The van der Waals surface area contributed by atoms with Crippen molar-refractivity contribution < 1.29 is 19.9 Å². The largest absolute Gasteiger partial charge is 0.388 e. The second-order valence-electron chi connectivity index (χ2n) is 8.94. The molecule has 2 amide bonds. The first kappa shape index (κ1) is 24.2. The molecule has 1 fully saturated rings. The summed E-state index contributed by atoms with van der Waals surface area (Å²) in [5.41, 5.74) is 3.41. The number of amides is 2. The van der Waals surface area contributed by atoms with Crippen LogP contribution in [0.1, 0.15) is 60.2 Å². The number of hydrogen-bond donors (Lipinski definition) is 4. The standard InChI is InChI=1S/C27H30N2O4/c1-27(2,32)24(26(31)29-33)28-25(30)23-17-15-20(16-18-23)6-4-3-5-19-7-9-21(10-8-19)11-12-22-13-14-22/h3,5,7-10,15-18,22,24,32-33H,11-14H2,1-2H3,(H,28,30)(H,29,31)/b5-3+/t24-/m1/s1. The van der Waals surface area contributed by atoms with E-state index < -0.39 is 23.5 Å². The van der Waals surface area contributed by atoms with Gasteiger partial charge in [0.05, 0.1) is 5.60 Å². The van der Waals surface area contributed by atoms with Crippen molar-refractivity contribution in [2.24, 2.45) is 5.92 Å². The Hall–Kier alpha value is -3.40. The van der Waals surface area contributed by atoms with Crippen LogP contribution in [0.15, 0.2) is 54.6 Å². The van der Waals surface area contributed by atoms with Gasteiger partial charge in [-0.25, -0.2) is 5.48 Å². The lowest BCUT2D eigenvalue weighted by Crippen LogP contribution is -2.57. The van der Waals surface area contributed by atoms with Crippen LogP contribution in [0.3, 0.4) is 0 Å². The summed E-state index contributed by atoms with van der Waals surface area (Å²) in [6.45, 7) is 2.73. The zero-order valence-corrected chi connectivity index (χ0v) is 19.0. The van der Waals surface area contributed by atoms with Crippen LogP contribution in [0.2, 0.25) is 0 Å². The molecule has 2 aromatic rings. The van der Waals surface area contributed by atoms with E-state index in [0.29, 0.717) is 5.56 Å². The number of carbonyl (C=O) groups is 2. The van der Waals surface area contributed by atoms with Gasteiger partial charge in [-0.3, -0.25) is 14.8 Å². The molecule has 0 aromatic heterocycles.